The summed E-state index contributed by atoms with van der Waals surface area (Å²) in [6, 6.07) is 10.8. The van der Waals surface area contributed by atoms with E-state index in [9.17, 15) is 9.59 Å². The van der Waals surface area contributed by atoms with Gasteiger partial charge < -0.3 is 24.1 Å². The van der Waals surface area contributed by atoms with Crippen LogP contribution >= 0.6 is 0 Å². The Labute approximate surface area is 181 Å². The van der Waals surface area contributed by atoms with E-state index < -0.39 is 0 Å². The zero-order chi connectivity index (χ0) is 22.4. The van der Waals surface area contributed by atoms with Crippen molar-refractivity contribution in [2.24, 2.45) is 0 Å². The van der Waals surface area contributed by atoms with Gasteiger partial charge in [-0.2, -0.15) is 0 Å². The Hall–Kier alpha value is -3.48. The summed E-state index contributed by atoms with van der Waals surface area (Å²) in [6.07, 6.45) is 3.45. The number of carbonyl (C=O) groups excluding carboxylic acids is 1. The highest BCUT2D eigenvalue weighted by Gasteiger charge is 2.19. The van der Waals surface area contributed by atoms with Crippen molar-refractivity contribution in [2.75, 3.05) is 27.9 Å². The first kappa shape index (κ1) is 22.2. The third kappa shape index (κ3) is 4.66. The molecule has 1 aromatic heterocycles. The summed E-state index contributed by atoms with van der Waals surface area (Å²) in [5.74, 6) is 1.33. The van der Waals surface area contributed by atoms with Crippen LogP contribution in [0.1, 0.15) is 35.7 Å². The molecule has 3 rings (SSSR count). The number of hydrogen-bond acceptors (Lipinski definition) is 5. The van der Waals surface area contributed by atoms with E-state index in [4.69, 9.17) is 14.2 Å². The fourth-order valence-corrected chi connectivity index (χ4v) is 3.51. The Morgan fingerprint density at radius 3 is 2.26 bits per heavy atom. The van der Waals surface area contributed by atoms with E-state index in [0.717, 1.165) is 18.4 Å². The molecule has 0 radical (unpaired) electrons. The van der Waals surface area contributed by atoms with E-state index in [1.165, 1.54) is 18.8 Å². The van der Waals surface area contributed by atoms with E-state index in [1.54, 1.807) is 25.4 Å². The highest BCUT2D eigenvalue weighted by atomic mass is 16.5. The number of unbranched alkanes of at least 4 members (excludes halogenated alkanes) is 1. The molecule has 7 nitrogen and oxygen atoms in total. The van der Waals surface area contributed by atoms with E-state index in [2.05, 4.69) is 12.2 Å². The number of pyridine rings is 1. The second-order valence-corrected chi connectivity index (χ2v) is 7.15. The predicted molar refractivity (Wildman–Crippen MR) is 121 cm³/mol. The average molecular weight is 424 g/mol. The van der Waals surface area contributed by atoms with Crippen LogP contribution in [0.25, 0.3) is 10.8 Å². The number of carbonyl (C=O) groups is 1. The number of ether oxygens (including phenoxy) is 3. The van der Waals surface area contributed by atoms with Crippen LogP contribution in [-0.4, -0.2) is 38.3 Å². The third-order valence-electron chi connectivity index (χ3n) is 5.18. The topological polar surface area (TPSA) is 78.8 Å². The van der Waals surface area contributed by atoms with Gasteiger partial charge in [-0.25, -0.2) is 0 Å². The SMILES string of the molecule is CCCCNC(=O)c1cn(Cc2ccccc2OC)c(=O)c2cc(OC)c(OC)cc12. The van der Waals surface area contributed by atoms with Gasteiger partial charge in [-0.3, -0.25) is 9.59 Å². The van der Waals surface area contributed by atoms with Gasteiger partial charge in [0.05, 0.1) is 38.8 Å². The van der Waals surface area contributed by atoms with Gasteiger partial charge in [0.1, 0.15) is 5.75 Å². The highest BCUT2D eigenvalue weighted by molar-refractivity contribution is 6.07. The Morgan fingerprint density at radius 1 is 0.968 bits per heavy atom. The lowest BCUT2D eigenvalue weighted by Gasteiger charge is -2.16. The number of hydrogen-bond donors (Lipinski definition) is 1. The number of methoxy groups -OCH3 is 3. The first-order chi connectivity index (χ1) is 15.0. The molecule has 2 aromatic carbocycles. The van der Waals surface area contributed by atoms with Crippen LogP contribution in [0, 0.1) is 0 Å². The van der Waals surface area contributed by atoms with E-state index >= 15 is 0 Å². The van der Waals surface area contributed by atoms with Crippen molar-refractivity contribution in [3.05, 3.63) is 64.1 Å². The van der Waals surface area contributed by atoms with E-state index in [0.29, 0.717) is 40.1 Å². The number of fused-ring (bicyclic) bond motifs is 1. The molecule has 0 fully saturated rings. The Kier molecular flexibility index (Phi) is 7.18. The van der Waals surface area contributed by atoms with Gasteiger partial charge in [0.2, 0.25) is 0 Å². The van der Waals surface area contributed by atoms with Gasteiger partial charge in [-0.1, -0.05) is 31.5 Å². The molecule has 0 aliphatic carbocycles. The Bertz CT molecular complexity index is 1140. The van der Waals surface area contributed by atoms with E-state index in [-0.39, 0.29) is 18.0 Å². The molecule has 0 spiro atoms. The summed E-state index contributed by atoms with van der Waals surface area (Å²) in [5.41, 5.74) is 1.01. The first-order valence-electron chi connectivity index (χ1n) is 10.2. The van der Waals surface area contributed by atoms with Crippen molar-refractivity contribution in [3.63, 3.8) is 0 Å². The maximum Gasteiger partial charge on any atom is 0.258 e. The lowest BCUT2D eigenvalue weighted by atomic mass is 10.0. The molecule has 1 heterocycles. The largest absolute Gasteiger partial charge is 0.496 e. The minimum absolute atomic E-state index is 0.230. The minimum Gasteiger partial charge on any atom is -0.496 e. The lowest BCUT2D eigenvalue weighted by molar-refractivity contribution is 0.0954. The summed E-state index contributed by atoms with van der Waals surface area (Å²) in [7, 11) is 4.62. The second kappa shape index (κ2) is 10.0. The summed E-state index contributed by atoms with van der Waals surface area (Å²) in [5, 5.41) is 3.85. The number of rotatable bonds is 9. The third-order valence-corrected chi connectivity index (χ3v) is 5.18. The van der Waals surface area contributed by atoms with E-state index in [1.807, 2.05) is 24.3 Å². The number of aromatic nitrogens is 1. The van der Waals surface area contributed by atoms with Crippen LogP contribution in [0.5, 0.6) is 17.2 Å². The van der Waals surface area contributed by atoms with Crippen LogP contribution in [0.2, 0.25) is 0 Å². The van der Waals surface area contributed by atoms with Crippen molar-refractivity contribution in [1.29, 1.82) is 0 Å². The molecule has 7 heteroatoms. The molecule has 0 saturated heterocycles. The van der Waals surface area contributed by atoms with Gasteiger partial charge >= 0.3 is 0 Å². The zero-order valence-corrected chi connectivity index (χ0v) is 18.4. The van der Waals surface area contributed by atoms with Crippen LogP contribution in [0.4, 0.5) is 0 Å². The molecule has 3 aromatic rings. The Balaban J connectivity index is 2.19. The highest BCUT2D eigenvalue weighted by Crippen LogP contribution is 2.32. The van der Waals surface area contributed by atoms with Crippen molar-refractivity contribution in [1.82, 2.24) is 9.88 Å². The molecular weight excluding hydrogens is 396 g/mol. The Morgan fingerprint density at radius 2 is 1.61 bits per heavy atom. The van der Waals surface area contributed by atoms with Crippen LogP contribution in [0.3, 0.4) is 0 Å². The molecule has 0 saturated carbocycles. The molecule has 1 N–H and O–H groups in total. The molecular formula is C24H28N2O5. The molecule has 1 amide bonds. The van der Waals surface area contributed by atoms with Crippen molar-refractivity contribution < 1.29 is 19.0 Å². The van der Waals surface area contributed by atoms with Gasteiger partial charge in [0, 0.05) is 23.7 Å². The molecule has 0 aliphatic rings. The normalized spacial score (nSPS) is 10.7. The summed E-state index contributed by atoms with van der Waals surface area (Å²) in [6.45, 7) is 2.89. The monoisotopic (exact) mass is 424 g/mol. The number of amides is 1. The average Bonchev–Trinajstić information content (AvgIpc) is 2.80. The van der Waals surface area contributed by atoms with Gasteiger partial charge in [0.15, 0.2) is 11.5 Å². The van der Waals surface area contributed by atoms with Gasteiger partial charge in [0.25, 0.3) is 11.5 Å². The summed E-state index contributed by atoms with van der Waals surface area (Å²) in [4.78, 5) is 26.3. The maximum atomic E-state index is 13.3. The van der Waals surface area contributed by atoms with Crippen LogP contribution < -0.4 is 25.1 Å². The molecule has 0 aliphatic heterocycles. The molecule has 164 valence electrons. The minimum atomic E-state index is -0.237. The van der Waals surface area contributed by atoms with Gasteiger partial charge in [-0.15, -0.1) is 0 Å². The molecule has 31 heavy (non-hydrogen) atoms. The first-order valence-corrected chi connectivity index (χ1v) is 10.2. The number of nitrogens with one attached hydrogen (secondary N) is 1. The molecule has 0 atom stereocenters. The van der Waals surface area contributed by atoms with Crippen LogP contribution in [-0.2, 0) is 6.54 Å². The lowest BCUT2D eigenvalue weighted by Crippen LogP contribution is -2.28. The fraction of sp³-hybridized carbons (Fsp3) is 0.333. The van der Waals surface area contributed by atoms with Crippen molar-refractivity contribution in [3.8, 4) is 17.2 Å². The van der Waals surface area contributed by atoms with Crippen molar-refractivity contribution in [2.45, 2.75) is 26.3 Å². The van der Waals surface area contributed by atoms with Crippen molar-refractivity contribution >= 4 is 16.7 Å². The summed E-state index contributed by atoms with van der Waals surface area (Å²) < 4.78 is 17.7. The smallest absolute Gasteiger partial charge is 0.258 e. The quantitative estimate of drug-likeness (QED) is 0.531. The number of nitrogens with zero attached hydrogens (tertiary/aromatic N) is 1. The summed E-state index contributed by atoms with van der Waals surface area (Å²) >= 11 is 0. The maximum absolute atomic E-state index is 13.3. The standard InChI is InChI=1S/C24H28N2O5/c1-5-6-11-25-23(27)19-15-26(14-16-9-7-8-10-20(16)29-2)24(28)18-13-22(31-4)21(30-3)12-17(18)19/h7-10,12-13,15H,5-6,11,14H2,1-4H3,(H,25,27). The molecule has 0 unspecified atom stereocenters. The fourth-order valence-electron chi connectivity index (χ4n) is 3.51. The molecule has 0 bridgehead atoms. The zero-order valence-electron chi connectivity index (χ0n) is 18.4. The predicted octanol–water partition coefficient (Wildman–Crippen LogP) is 3.61. The number of para-hydroxylation sites is 1. The number of benzene rings is 2. The van der Waals surface area contributed by atoms with Gasteiger partial charge in [-0.05, 0) is 24.6 Å². The van der Waals surface area contributed by atoms with Crippen LogP contribution in [0.15, 0.2) is 47.4 Å². The second-order valence-electron chi connectivity index (χ2n) is 7.15.